The van der Waals surface area contributed by atoms with Crippen LogP contribution in [0.15, 0.2) is 29.4 Å². The van der Waals surface area contributed by atoms with Crippen molar-refractivity contribution in [3.05, 3.63) is 29.8 Å². The lowest BCUT2D eigenvalue weighted by Gasteiger charge is -2.29. The Morgan fingerprint density at radius 1 is 1.21 bits per heavy atom. The second-order valence-corrected chi connectivity index (χ2v) is 4.41. The second-order valence-electron chi connectivity index (χ2n) is 4.41. The summed E-state index contributed by atoms with van der Waals surface area (Å²) in [4.78, 5) is 2.29. The van der Waals surface area contributed by atoms with E-state index < -0.39 is 0 Å². The Labute approximate surface area is 115 Å². The monoisotopic (exact) mass is 264 g/mol. The lowest BCUT2D eigenvalue weighted by atomic mass is 10.1. The van der Waals surface area contributed by atoms with Gasteiger partial charge in [0, 0.05) is 0 Å². The van der Waals surface area contributed by atoms with Gasteiger partial charge in [-0.05, 0) is 56.3 Å². The Bertz CT molecular complexity index is 397. The van der Waals surface area contributed by atoms with E-state index in [0.29, 0.717) is 5.71 Å². The molecule has 0 amide bonds. The van der Waals surface area contributed by atoms with E-state index >= 15 is 0 Å². The summed E-state index contributed by atoms with van der Waals surface area (Å²) in [5.41, 5.74) is 1.49. The molecule has 106 valence electrons. The molecule has 0 aromatic heterocycles. The van der Waals surface area contributed by atoms with E-state index in [1.165, 1.54) is 0 Å². The molecule has 1 N–H and O–H groups in total. The lowest BCUT2D eigenvalue weighted by molar-refractivity contribution is 0.0298. The highest BCUT2D eigenvalue weighted by molar-refractivity contribution is 5.98. The third-order valence-corrected chi connectivity index (χ3v) is 3.26. The van der Waals surface area contributed by atoms with E-state index in [0.717, 1.165) is 30.8 Å². The van der Waals surface area contributed by atoms with Crippen LogP contribution in [0.5, 0.6) is 5.75 Å². The number of hydrogen-bond donors (Lipinski definition) is 1. The molecular weight excluding hydrogens is 240 g/mol. The van der Waals surface area contributed by atoms with Gasteiger partial charge in [-0.1, -0.05) is 25.9 Å². The maximum Gasteiger partial charge on any atom is 0.152 e. The summed E-state index contributed by atoms with van der Waals surface area (Å²) >= 11 is 0. The molecule has 0 spiro atoms. The van der Waals surface area contributed by atoms with Gasteiger partial charge >= 0.3 is 0 Å². The molecule has 0 aliphatic rings. The van der Waals surface area contributed by atoms with Crippen LogP contribution in [0.3, 0.4) is 0 Å². The first-order valence-corrected chi connectivity index (χ1v) is 6.86. The minimum Gasteiger partial charge on any atom is -0.475 e. The van der Waals surface area contributed by atoms with Crippen molar-refractivity contribution in [1.82, 2.24) is 4.90 Å². The van der Waals surface area contributed by atoms with Gasteiger partial charge in [-0.15, -0.1) is 0 Å². The number of nitrogens with zero attached hydrogens (tertiary/aromatic N) is 2. The van der Waals surface area contributed by atoms with Crippen LogP contribution in [0.1, 0.15) is 39.7 Å². The standard InChI is InChI=1S/C15H24N2O2/c1-5-15(17(6-2)7-3)19-14-10-8-13(9-11-14)12(4)16-18/h8-11,15,18H,5-7H2,1-4H3/b16-12+. The molecule has 19 heavy (non-hydrogen) atoms. The predicted molar refractivity (Wildman–Crippen MR) is 78.1 cm³/mol. The Hall–Kier alpha value is -1.55. The third-order valence-electron chi connectivity index (χ3n) is 3.26. The largest absolute Gasteiger partial charge is 0.475 e. The quantitative estimate of drug-likeness (QED) is 0.355. The highest BCUT2D eigenvalue weighted by Crippen LogP contribution is 2.17. The Morgan fingerprint density at radius 2 is 1.79 bits per heavy atom. The van der Waals surface area contributed by atoms with Crippen molar-refractivity contribution >= 4 is 5.71 Å². The van der Waals surface area contributed by atoms with Crippen LogP contribution >= 0.6 is 0 Å². The summed E-state index contributed by atoms with van der Waals surface area (Å²) in [6, 6.07) is 7.63. The molecular formula is C15H24N2O2. The van der Waals surface area contributed by atoms with Crippen molar-refractivity contribution < 1.29 is 9.94 Å². The molecule has 4 nitrogen and oxygen atoms in total. The Kier molecular flexibility index (Phi) is 6.36. The van der Waals surface area contributed by atoms with Gasteiger partial charge < -0.3 is 9.94 Å². The first-order chi connectivity index (χ1) is 9.15. The van der Waals surface area contributed by atoms with Crippen LogP contribution in [0.2, 0.25) is 0 Å². The fourth-order valence-corrected chi connectivity index (χ4v) is 2.04. The van der Waals surface area contributed by atoms with Crippen LogP contribution in [-0.4, -0.2) is 35.1 Å². The van der Waals surface area contributed by atoms with Gasteiger partial charge in [0.1, 0.15) is 5.75 Å². The smallest absolute Gasteiger partial charge is 0.152 e. The Morgan fingerprint density at radius 3 is 2.21 bits per heavy atom. The summed E-state index contributed by atoms with van der Waals surface area (Å²) in [7, 11) is 0. The van der Waals surface area contributed by atoms with Crippen molar-refractivity contribution in [1.29, 1.82) is 0 Å². The number of ether oxygens (including phenoxy) is 1. The second kappa shape index (κ2) is 7.79. The van der Waals surface area contributed by atoms with Crippen molar-refractivity contribution in [2.75, 3.05) is 13.1 Å². The van der Waals surface area contributed by atoms with Gasteiger partial charge in [0.15, 0.2) is 6.23 Å². The summed E-state index contributed by atoms with van der Waals surface area (Å²) in [5, 5.41) is 11.9. The van der Waals surface area contributed by atoms with Gasteiger partial charge in [0.25, 0.3) is 0 Å². The lowest BCUT2D eigenvalue weighted by Crippen LogP contribution is -2.38. The molecule has 4 heteroatoms. The van der Waals surface area contributed by atoms with E-state index in [2.05, 4.69) is 30.8 Å². The van der Waals surface area contributed by atoms with E-state index in [9.17, 15) is 0 Å². The molecule has 1 aromatic carbocycles. The van der Waals surface area contributed by atoms with Gasteiger partial charge in [-0.2, -0.15) is 0 Å². The molecule has 0 aliphatic carbocycles. The molecule has 0 fully saturated rings. The van der Waals surface area contributed by atoms with Crippen LogP contribution in [0.4, 0.5) is 0 Å². The highest BCUT2D eigenvalue weighted by atomic mass is 16.5. The SMILES string of the molecule is CCC(Oc1ccc(/C(C)=N/O)cc1)N(CC)CC. The zero-order valence-corrected chi connectivity index (χ0v) is 12.3. The van der Waals surface area contributed by atoms with Crippen molar-refractivity contribution in [3.63, 3.8) is 0 Å². The van der Waals surface area contributed by atoms with Gasteiger partial charge in [0.2, 0.25) is 0 Å². The van der Waals surface area contributed by atoms with Crippen molar-refractivity contribution in [3.8, 4) is 5.75 Å². The van der Waals surface area contributed by atoms with Crippen molar-refractivity contribution in [2.45, 2.75) is 40.3 Å². The molecule has 0 saturated heterocycles. The molecule has 1 rings (SSSR count). The normalized spacial score (nSPS) is 13.6. The molecule has 1 atom stereocenters. The maximum absolute atomic E-state index is 8.73. The summed E-state index contributed by atoms with van der Waals surface area (Å²) in [6.45, 7) is 10.1. The highest BCUT2D eigenvalue weighted by Gasteiger charge is 2.14. The zero-order valence-electron chi connectivity index (χ0n) is 12.3. The van der Waals surface area contributed by atoms with E-state index in [4.69, 9.17) is 9.94 Å². The van der Waals surface area contributed by atoms with Crippen LogP contribution in [0.25, 0.3) is 0 Å². The van der Waals surface area contributed by atoms with E-state index in [1.54, 1.807) is 6.92 Å². The van der Waals surface area contributed by atoms with Gasteiger partial charge in [-0.3, -0.25) is 4.90 Å². The minimum atomic E-state index is 0.105. The van der Waals surface area contributed by atoms with Crippen LogP contribution in [0, 0.1) is 0 Å². The number of benzene rings is 1. The number of hydrogen-bond acceptors (Lipinski definition) is 4. The molecule has 0 radical (unpaired) electrons. The van der Waals surface area contributed by atoms with Gasteiger partial charge in [0.05, 0.1) is 5.71 Å². The van der Waals surface area contributed by atoms with E-state index in [-0.39, 0.29) is 6.23 Å². The summed E-state index contributed by atoms with van der Waals surface area (Å²) in [6.07, 6.45) is 1.05. The molecule has 0 aliphatic heterocycles. The first kappa shape index (κ1) is 15.5. The fourth-order valence-electron chi connectivity index (χ4n) is 2.04. The van der Waals surface area contributed by atoms with Crippen LogP contribution in [-0.2, 0) is 0 Å². The number of oxime groups is 1. The predicted octanol–water partition coefficient (Wildman–Crippen LogP) is 3.34. The molecule has 1 aromatic rings. The minimum absolute atomic E-state index is 0.105. The van der Waals surface area contributed by atoms with E-state index in [1.807, 2.05) is 24.3 Å². The summed E-state index contributed by atoms with van der Waals surface area (Å²) in [5.74, 6) is 0.841. The first-order valence-electron chi connectivity index (χ1n) is 6.86. The average molecular weight is 264 g/mol. The molecule has 0 saturated carbocycles. The van der Waals surface area contributed by atoms with Crippen molar-refractivity contribution in [2.24, 2.45) is 5.16 Å². The topological polar surface area (TPSA) is 45.1 Å². The fraction of sp³-hybridized carbons (Fsp3) is 0.533. The molecule has 0 bridgehead atoms. The van der Waals surface area contributed by atoms with Crippen LogP contribution < -0.4 is 4.74 Å². The zero-order chi connectivity index (χ0) is 14.3. The third kappa shape index (κ3) is 4.24. The molecule has 0 heterocycles. The number of rotatable bonds is 7. The summed E-state index contributed by atoms with van der Waals surface area (Å²) < 4.78 is 6.00. The van der Waals surface area contributed by atoms with Gasteiger partial charge in [-0.25, -0.2) is 0 Å². The average Bonchev–Trinajstić information content (AvgIpc) is 2.47. The Balaban J connectivity index is 2.76. The maximum atomic E-state index is 8.73. The molecule has 1 unspecified atom stereocenters.